The Bertz CT molecular complexity index is 1000. The maximum absolute atomic E-state index is 13.0. The third kappa shape index (κ3) is 5.17. The van der Waals surface area contributed by atoms with Gasteiger partial charge in [-0.05, 0) is 36.8 Å². The highest BCUT2D eigenvalue weighted by molar-refractivity contribution is 8.00. The number of nitrogens with two attached hydrogens (primary N) is 1. The number of anilines is 1. The number of hydrogen-bond acceptors (Lipinski definition) is 5. The summed E-state index contributed by atoms with van der Waals surface area (Å²) in [5.41, 5.74) is 7.39. The standard InChI is InChI=1S/C20H18FN3O2S2/c1-12-19(28-18(23-12)10-13-6-8-14(21)9-7-13)20(26)24-15-4-2-3-5-16(15)27-11-17(22)25/h2-9H,10-11H2,1H3,(H2,22,25)(H,24,26). The van der Waals surface area contributed by atoms with Crippen LogP contribution in [-0.4, -0.2) is 22.6 Å². The first-order valence-corrected chi connectivity index (χ1v) is 10.2. The zero-order chi connectivity index (χ0) is 20.1. The summed E-state index contributed by atoms with van der Waals surface area (Å²) in [7, 11) is 0. The molecule has 0 aliphatic heterocycles. The number of carbonyl (C=O) groups is 2. The molecule has 0 saturated carbocycles. The van der Waals surface area contributed by atoms with E-state index < -0.39 is 5.91 Å². The molecule has 5 nitrogen and oxygen atoms in total. The number of rotatable bonds is 7. The van der Waals surface area contributed by atoms with Gasteiger partial charge in [-0.3, -0.25) is 9.59 Å². The number of amides is 2. The fraction of sp³-hybridized carbons (Fsp3) is 0.150. The third-order valence-corrected chi connectivity index (χ3v) is 6.07. The van der Waals surface area contributed by atoms with Gasteiger partial charge in [0.1, 0.15) is 10.7 Å². The van der Waals surface area contributed by atoms with Crippen molar-refractivity contribution < 1.29 is 14.0 Å². The molecule has 3 aromatic rings. The summed E-state index contributed by atoms with van der Waals surface area (Å²) in [5.74, 6) is -0.830. The molecular formula is C20H18FN3O2S2. The van der Waals surface area contributed by atoms with Gasteiger partial charge in [0, 0.05) is 11.3 Å². The number of aromatic nitrogens is 1. The van der Waals surface area contributed by atoms with Crippen LogP contribution in [0.5, 0.6) is 0 Å². The third-order valence-electron chi connectivity index (χ3n) is 3.82. The van der Waals surface area contributed by atoms with Crippen molar-refractivity contribution in [1.82, 2.24) is 4.98 Å². The number of halogens is 1. The van der Waals surface area contributed by atoms with Gasteiger partial charge in [0.2, 0.25) is 5.91 Å². The van der Waals surface area contributed by atoms with Crippen molar-refractivity contribution in [3.63, 3.8) is 0 Å². The number of nitrogens with one attached hydrogen (secondary N) is 1. The minimum atomic E-state index is -0.421. The number of para-hydroxylation sites is 1. The highest BCUT2D eigenvalue weighted by Crippen LogP contribution is 2.28. The SMILES string of the molecule is Cc1nc(Cc2ccc(F)cc2)sc1C(=O)Nc1ccccc1SCC(N)=O. The van der Waals surface area contributed by atoms with Gasteiger partial charge < -0.3 is 11.1 Å². The van der Waals surface area contributed by atoms with Crippen LogP contribution in [0.3, 0.4) is 0 Å². The van der Waals surface area contributed by atoms with Gasteiger partial charge in [-0.25, -0.2) is 9.37 Å². The van der Waals surface area contributed by atoms with Gasteiger partial charge in [-0.1, -0.05) is 24.3 Å². The molecule has 1 aromatic heterocycles. The molecule has 0 saturated heterocycles. The zero-order valence-corrected chi connectivity index (χ0v) is 16.7. The van der Waals surface area contributed by atoms with Crippen LogP contribution < -0.4 is 11.1 Å². The van der Waals surface area contributed by atoms with Crippen molar-refractivity contribution in [2.75, 3.05) is 11.1 Å². The van der Waals surface area contributed by atoms with Crippen molar-refractivity contribution in [3.05, 3.63) is 75.5 Å². The van der Waals surface area contributed by atoms with Gasteiger partial charge in [-0.15, -0.1) is 23.1 Å². The van der Waals surface area contributed by atoms with E-state index in [-0.39, 0.29) is 17.5 Å². The minimum absolute atomic E-state index is 0.133. The fourth-order valence-corrected chi connectivity index (χ4v) is 4.28. The van der Waals surface area contributed by atoms with Crippen LogP contribution in [0.2, 0.25) is 0 Å². The summed E-state index contributed by atoms with van der Waals surface area (Å²) in [6.07, 6.45) is 0.532. The number of thiazole rings is 1. The van der Waals surface area contributed by atoms with Crippen LogP contribution in [0.25, 0.3) is 0 Å². The largest absolute Gasteiger partial charge is 0.369 e. The highest BCUT2D eigenvalue weighted by atomic mass is 32.2. The van der Waals surface area contributed by atoms with E-state index in [0.29, 0.717) is 22.7 Å². The van der Waals surface area contributed by atoms with Crippen LogP contribution in [0, 0.1) is 12.7 Å². The smallest absolute Gasteiger partial charge is 0.267 e. The summed E-state index contributed by atoms with van der Waals surface area (Å²) >= 11 is 2.58. The molecule has 0 bridgehead atoms. The minimum Gasteiger partial charge on any atom is -0.369 e. The van der Waals surface area contributed by atoms with Crippen molar-refractivity contribution in [1.29, 1.82) is 0 Å². The number of hydrogen-bond donors (Lipinski definition) is 2. The maximum Gasteiger partial charge on any atom is 0.267 e. The summed E-state index contributed by atoms with van der Waals surface area (Å²) in [5, 5.41) is 3.67. The van der Waals surface area contributed by atoms with Gasteiger partial charge >= 0.3 is 0 Å². The van der Waals surface area contributed by atoms with E-state index in [1.807, 2.05) is 18.2 Å². The predicted molar refractivity (Wildman–Crippen MR) is 110 cm³/mol. The number of nitrogens with zero attached hydrogens (tertiary/aromatic N) is 1. The van der Waals surface area contributed by atoms with E-state index in [1.165, 1.54) is 35.2 Å². The van der Waals surface area contributed by atoms with E-state index in [2.05, 4.69) is 10.3 Å². The summed E-state index contributed by atoms with van der Waals surface area (Å²) in [6, 6.07) is 13.5. The van der Waals surface area contributed by atoms with E-state index in [4.69, 9.17) is 5.73 Å². The first kappa shape index (κ1) is 20.0. The molecule has 2 amide bonds. The Kier molecular flexibility index (Phi) is 6.43. The zero-order valence-electron chi connectivity index (χ0n) is 15.1. The lowest BCUT2D eigenvalue weighted by Gasteiger charge is -2.09. The molecule has 0 aliphatic carbocycles. The average molecular weight is 416 g/mol. The number of thioether (sulfide) groups is 1. The molecule has 1 heterocycles. The van der Waals surface area contributed by atoms with E-state index >= 15 is 0 Å². The Morgan fingerprint density at radius 1 is 1.18 bits per heavy atom. The second-order valence-electron chi connectivity index (χ2n) is 6.03. The van der Waals surface area contributed by atoms with Crippen LogP contribution in [0.1, 0.15) is 25.9 Å². The first-order valence-electron chi connectivity index (χ1n) is 8.44. The Morgan fingerprint density at radius 3 is 2.61 bits per heavy atom. The molecule has 0 spiro atoms. The highest BCUT2D eigenvalue weighted by Gasteiger charge is 2.17. The molecule has 28 heavy (non-hydrogen) atoms. The van der Waals surface area contributed by atoms with E-state index in [0.717, 1.165) is 15.5 Å². The Labute approximate surface area is 170 Å². The molecule has 2 aromatic carbocycles. The van der Waals surface area contributed by atoms with Crippen molar-refractivity contribution in [2.24, 2.45) is 5.73 Å². The monoisotopic (exact) mass is 415 g/mol. The molecule has 144 valence electrons. The predicted octanol–water partition coefficient (Wildman–Crippen LogP) is 4.01. The van der Waals surface area contributed by atoms with E-state index in [9.17, 15) is 14.0 Å². The van der Waals surface area contributed by atoms with Gasteiger partial charge in [-0.2, -0.15) is 0 Å². The second kappa shape index (κ2) is 8.99. The summed E-state index contributed by atoms with van der Waals surface area (Å²) < 4.78 is 13.0. The topological polar surface area (TPSA) is 85.1 Å². The fourth-order valence-electron chi connectivity index (χ4n) is 2.54. The Hall–Kier alpha value is -2.71. The molecule has 0 aliphatic rings. The lowest BCUT2D eigenvalue weighted by Crippen LogP contribution is -2.14. The number of primary amides is 1. The lowest BCUT2D eigenvalue weighted by molar-refractivity contribution is -0.115. The number of benzene rings is 2. The van der Waals surface area contributed by atoms with Crippen molar-refractivity contribution >= 4 is 40.6 Å². The summed E-state index contributed by atoms with van der Waals surface area (Å²) in [6.45, 7) is 1.79. The lowest BCUT2D eigenvalue weighted by atomic mass is 10.1. The van der Waals surface area contributed by atoms with Gasteiger partial charge in [0.05, 0.1) is 22.1 Å². The Morgan fingerprint density at radius 2 is 1.89 bits per heavy atom. The van der Waals surface area contributed by atoms with Gasteiger partial charge in [0.25, 0.3) is 5.91 Å². The van der Waals surface area contributed by atoms with E-state index in [1.54, 1.807) is 25.1 Å². The van der Waals surface area contributed by atoms with Crippen LogP contribution in [-0.2, 0) is 11.2 Å². The number of carbonyl (C=O) groups excluding carboxylic acids is 2. The first-order chi connectivity index (χ1) is 13.4. The number of aryl methyl sites for hydroxylation is 1. The average Bonchev–Trinajstić information content (AvgIpc) is 3.03. The van der Waals surface area contributed by atoms with Crippen molar-refractivity contribution in [3.8, 4) is 0 Å². The van der Waals surface area contributed by atoms with Gasteiger partial charge in [0.15, 0.2) is 0 Å². The molecule has 3 rings (SSSR count). The molecule has 0 atom stereocenters. The normalized spacial score (nSPS) is 10.6. The molecule has 0 fully saturated rings. The molecule has 3 N–H and O–H groups in total. The quantitative estimate of drug-likeness (QED) is 0.571. The molecular weight excluding hydrogens is 397 g/mol. The molecule has 0 radical (unpaired) electrons. The van der Waals surface area contributed by atoms with Crippen LogP contribution in [0.4, 0.5) is 10.1 Å². The second-order valence-corrected chi connectivity index (χ2v) is 8.13. The molecule has 8 heteroatoms. The van der Waals surface area contributed by atoms with Crippen LogP contribution in [0.15, 0.2) is 53.4 Å². The van der Waals surface area contributed by atoms with Crippen LogP contribution >= 0.6 is 23.1 Å². The Balaban J connectivity index is 1.74. The molecule has 0 unspecified atom stereocenters. The summed E-state index contributed by atoms with van der Waals surface area (Å²) in [4.78, 5) is 29.5. The van der Waals surface area contributed by atoms with Crippen molar-refractivity contribution in [2.45, 2.75) is 18.2 Å². The maximum atomic E-state index is 13.0.